The number of amides is 1. The maximum atomic E-state index is 10.9. The predicted molar refractivity (Wildman–Crippen MR) is 73.3 cm³/mol. The van der Waals surface area contributed by atoms with Gasteiger partial charge in [-0.25, -0.2) is 4.79 Å². The van der Waals surface area contributed by atoms with E-state index in [0.717, 1.165) is 10.9 Å². The van der Waals surface area contributed by atoms with Crippen LogP contribution in [0.4, 0.5) is 4.79 Å². The Kier molecular flexibility index (Phi) is 9.26. The minimum atomic E-state index is -0.372. The lowest BCUT2D eigenvalue weighted by atomic mass is 10.4. The topological polar surface area (TPSA) is 50.4 Å². The summed E-state index contributed by atoms with van der Waals surface area (Å²) in [6, 6.07) is 3.86. The number of ether oxygens (including phenoxy) is 1. The van der Waals surface area contributed by atoms with E-state index in [4.69, 9.17) is 16.3 Å². The number of alkyl carbamates (subject to hydrolysis) is 1. The summed E-state index contributed by atoms with van der Waals surface area (Å²) < 4.78 is 5.51. The van der Waals surface area contributed by atoms with Gasteiger partial charge < -0.3 is 15.4 Å². The quantitative estimate of drug-likeness (QED) is 0.794. The number of halogens is 2. The van der Waals surface area contributed by atoms with E-state index in [9.17, 15) is 4.79 Å². The van der Waals surface area contributed by atoms with E-state index in [1.54, 1.807) is 18.3 Å². The number of hydrogen-bond acceptors (Lipinski definition) is 4. The van der Waals surface area contributed by atoms with E-state index in [-0.39, 0.29) is 18.5 Å². The molecule has 98 valence electrons. The van der Waals surface area contributed by atoms with E-state index >= 15 is 0 Å². The van der Waals surface area contributed by atoms with Crippen molar-refractivity contribution in [2.24, 2.45) is 0 Å². The van der Waals surface area contributed by atoms with Gasteiger partial charge in [-0.1, -0.05) is 11.6 Å². The van der Waals surface area contributed by atoms with Gasteiger partial charge in [0, 0.05) is 24.5 Å². The van der Waals surface area contributed by atoms with Gasteiger partial charge in [0.25, 0.3) is 0 Å². The summed E-state index contributed by atoms with van der Waals surface area (Å²) in [6.45, 7) is 4.19. The van der Waals surface area contributed by atoms with E-state index in [2.05, 4.69) is 10.6 Å². The van der Waals surface area contributed by atoms with Crippen molar-refractivity contribution in [2.45, 2.75) is 13.5 Å². The highest BCUT2D eigenvalue weighted by atomic mass is 35.5. The maximum absolute atomic E-state index is 10.9. The van der Waals surface area contributed by atoms with Crippen molar-refractivity contribution in [2.75, 3.05) is 19.7 Å². The second kappa shape index (κ2) is 9.53. The van der Waals surface area contributed by atoms with Crippen LogP contribution in [0, 0.1) is 0 Å². The van der Waals surface area contributed by atoms with Crippen molar-refractivity contribution in [3.05, 3.63) is 21.3 Å². The van der Waals surface area contributed by atoms with Crippen molar-refractivity contribution < 1.29 is 9.53 Å². The van der Waals surface area contributed by atoms with Crippen molar-refractivity contribution in [1.82, 2.24) is 10.6 Å². The summed E-state index contributed by atoms with van der Waals surface area (Å²) in [5.74, 6) is 0. The smallest absolute Gasteiger partial charge is 0.407 e. The summed E-state index contributed by atoms with van der Waals surface area (Å²) >= 11 is 7.35. The molecule has 0 aromatic carbocycles. The van der Waals surface area contributed by atoms with Gasteiger partial charge in [-0.15, -0.1) is 23.7 Å². The number of hydrogen-bond donors (Lipinski definition) is 2. The Morgan fingerprint density at radius 2 is 2.24 bits per heavy atom. The Morgan fingerprint density at radius 3 is 2.82 bits per heavy atom. The Bertz CT molecular complexity index is 334. The SMILES string of the molecule is CCOC(=O)NCCNCc1ccc(Cl)s1.Cl. The minimum absolute atomic E-state index is 0. The average Bonchev–Trinajstić information content (AvgIpc) is 2.64. The van der Waals surface area contributed by atoms with Crippen molar-refractivity contribution in [3.63, 3.8) is 0 Å². The Labute approximate surface area is 116 Å². The Hall–Kier alpha value is -0.490. The monoisotopic (exact) mass is 298 g/mol. The lowest BCUT2D eigenvalue weighted by Crippen LogP contribution is -2.31. The van der Waals surface area contributed by atoms with Gasteiger partial charge in [-0.2, -0.15) is 0 Å². The molecule has 2 N–H and O–H groups in total. The second-order valence-electron chi connectivity index (χ2n) is 3.03. The molecule has 0 bridgehead atoms. The van der Waals surface area contributed by atoms with Gasteiger partial charge in [-0.05, 0) is 19.1 Å². The first-order valence-corrected chi connectivity index (χ1v) is 6.27. The molecule has 1 heterocycles. The number of carbonyl (C=O) groups excluding carboxylic acids is 1. The summed E-state index contributed by atoms with van der Waals surface area (Å²) in [4.78, 5) is 12.1. The summed E-state index contributed by atoms with van der Waals surface area (Å²) in [6.07, 6.45) is -0.372. The molecule has 7 heteroatoms. The van der Waals surface area contributed by atoms with Crippen LogP contribution in [0.2, 0.25) is 4.34 Å². The minimum Gasteiger partial charge on any atom is -0.450 e. The van der Waals surface area contributed by atoms with Crippen LogP contribution >= 0.6 is 35.3 Å². The molecule has 0 unspecified atom stereocenters. The highest BCUT2D eigenvalue weighted by Gasteiger charge is 1.99. The van der Waals surface area contributed by atoms with Crippen molar-refractivity contribution >= 4 is 41.4 Å². The lowest BCUT2D eigenvalue weighted by Gasteiger charge is -2.05. The second-order valence-corrected chi connectivity index (χ2v) is 4.83. The van der Waals surface area contributed by atoms with Crippen molar-refractivity contribution in [1.29, 1.82) is 0 Å². The van der Waals surface area contributed by atoms with Crippen LogP contribution in [0.25, 0.3) is 0 Å². The molecule has 0 saturated carbocycles. The zero-order valence-corrected chi connectivity index (χ0v) is 11.9. The molecular formula is C10H16Cl2N2O2S. The average molecular weight is 299 g/mol. The van der Waals surface area contributed by atoms with Gasteiger partial charge in [0.1, 0.15) is 0 Å². The zero-order valence-electron chi connectivity index (χ0n) is 9.49. The molecule has 17 heavy (non-hydrogen) atoms. The molecule has 1 amide bonds. The lowest BCUT2D eigenvalue weighted by molar-refractivity contribution is 0.152. The first kappa shape index (κ1) is 16.5. The highest BCUT2D eigenvalue weighted by molar-refractivity contribution is 7.16. The van der Waals surface area contributed by atoms with Crippen molar-refractivity contribution in [3.8, 4) is 0 Å². The fourth-order valence-electron chi connectivity index (χ4n) is 1.09. The van der Waals surface area contributed by atoms with Gasteiger partial charge in [0.15, 0.2) is 0 Å². The molecule has 0 atom stereocenters. The molecule has 0 saturated heterocycles. The predicted octanol–water partition coefficient (Wildman–Crippen LogP) is 2.66. The molecule has 0 aliphatic heterocycles. The third kappa shape index (κ3) is 7.44. The first-order valence-electron chi connectivity index (χ1n) is 5.08. The van der Waals surface area contributed by atoms with Crippen LogP contribution in [0.3, 0.4) is 0 Å². The number of rotatable bonds is 6. The molecule has 0 aliphatic rings. The van der Waals surface area contributed by atoms with Gasteiger partial charge in [-0.3, -0.25) is 0 Å². The molecule has 0 fully saturated rings. The van der Waals surface area contributed by atoms with Crippen LogP contribution in [0.1, 0.15) is 11.8 Å². The van der Waals surface area contributed by atoms with Gasteiger partial charge >= 0.3 is 6.09 Å². The molecule has 1 aromatic heterocycles. The van der Waals surface area contributed by atoms with E-state index < -0.39 is 0 Å². The van der Waals surface area contributed by atoms with E-state index in [1.165, 1.54) is 4.88 Å². The largest absolute Gasteiger partial charge is 0.450 e. The molecule has 0 spiro atoms. The molecular weight excluding hydrogens is 283 g/mol. The van der Waals surface area contributed by atoms with Crippen LogP contribution in [0.15, 0.2) is 12.1 Å². The Morgan fingerprint density at radius 1 is 1.47 bits per heavy atom. The van der Waals surface area contributed by atoms with Crippen LogP contribution in [0.5, 0.6) is 0 Å². The number of carbonyl (C=O) groups is 1. The maximum Gasteiger partial charge on any atom is 0.407 e. The third-order valence-electron chi connectivity index (χ3n) is 1.77. The highest BCUT2D eigenvalue weighted by Crippen LogP contribution is 2.20. The van der Waals surface area contributed by atoms with Crippen LogP contribution in [-0.4, -0.2) is 25.8 Å². The van der Waals surface area contributed by atoms with Crippen LogP contribution in [-0.2, 0) is 11.3 Å². The fraction of sp³-hybridized carbons (Fsp3) is 0.500. The standard InChI is InChI=1S/C10H15ClN2O2S.ClH/c1-2-15-10(14)13-6-5-12-7-8-3-4-9(11)16-8;/h3-4,12H,2,5-7H2,1H3,(H,13,14);1H. The molecule has 1 aromatic rings. The van der Waals surface area contributed by atoms with Gasteiger partial charge in [0.05, 0.1) is 10.9 Å². The zero-order chi connectivity index (χ0) is 11.8. The van der Waals surface area contributed by atoms with Crippen LogP contribution < -0.4 is 10.6 Å². The summed E-state index contributed by atoms with van der Waals surface area (Å²) in [5, 5.41) is 5.82. The molecule has 0 aliphatic carbocycles. The molecule has 1 rings (SSSR count). The normalized spacial score (nSPS) is 9.53. The molecule has 0 radical (unpaired) electrons. The van der Waals surface area contributed by atoms with E-state index in [0.29, 0.717) is 19.7 Å². The number of nitrogens with one attached hydrogen (secondary N) is 2. The fourth-order valence-corrected chi connectivity index (χ4v) is 2.15. The Balaban J connectivity index is 0.00000256. The summed E-state index contributed by atoms with van der Waals surface area (Å²) in [5.41, 5.74) is 0. The number of thiophene rings is 1. The molecule has 4 nitrogen and oxygen atoms in total. The first-order chi connectivity index (χ1) is 7.72. The van der Waals surface area contributed by atoms with Gasteiger partial charge in [0.2, 0.25) is 0 Å². The van der Waals surface area contributed by atoms with E-state index in [1.807, 2.05) is 12.1 Å². The third-order valence-corrected chi connectivity index (χ3v) is 3.01. The summed E-state index contributed by atoms with van der Waals surface area (Å²) in [7, 11) is 0.